The van der Waals surface area contributed by atoms with Crippen molar-refractivity contribution < 1.29 is 32.7 Å². The number of carbonyl (C=O) groups is 4. The molecule has 2 aromatic carbocycles. The van der Waals surface area contributed by atoms with Crippen LogP contribution >= 0.6 is 0 Å². The van der Waals surface area contributed by atoms with Crippen molar-refractivity contribution >= 4 is 46.5 Å². The predicted molar refractivity (Wildman–Crippen MR) is 235 cm³/mol. The minimum Gasteiger partial charge on any atom is -0.486 e. The molecule has 1 spiro atoms. The first kappa shape index (κ1) is 41.6. The molecule has 334 valence electrons. The summed E-state index contributed by atoms with van der Waals surface area (Å²) in [5.41, 5.74) is 6.68. The lowest BCUT2D eigenvalue weighted by Crippen LogP contribution is -2.59. The fourth-order valence-corrected chi connectivity index (χ4v) is 10.6. The van der Waals surface area contributed by atoms with E-state index in [9.17, 15) is 19.2 Å². The van der Waals surface area contributed by atoms with Gasteiger partial charge in [-0.1, -0.05) is 37.3 Å². The summed E-state index contributed by atoms with van der Waals surface area (Å²) in [4.78, 5) is 61.1. The molecule has 6 aliphatic heterocycles. The molecule has 8 heterocycles. The molecular weight excluding hydrogens is 823 g/mol. The summed E-state index contributed by atoms with van der Waals surface area (Å²) in [6.07, 6.45) is 10.4. The molecule has 2 atom stereocenters. The van der Waals surface area contributed by atoms with Gasteiger partial charge in [-0.3, -0.25) is 29.4 Å². The first-order chi connectivity index (χ1) is 31.0. The molecule has 0 radical (unpaired) electrons. The molecule has 4 N–H and O–H groups in total. The topological polar surface area (TPSA) is 166 Å². The number of piperidine rings is 3. The Hall–Kier alpha value is -6.36. The van der Waals surface area contributed by atoms with Crippen LogP contribution in [-0.4, -0.2) is 113 Å². The highest BCUT2D eigenvalue weighted by Crippen LogP contribution is 2.51. The predicted octanol–water partition coefficient (Wildman–Crippen LogP) is 5.02. The van der Waals surface area contributed by atoms with E-state index in [2.05, 4.69) is 49.4 Å². The van der Waals surface area contributed by atoms with Crippen LogP contribution in [0, 0.1) is 5.41 Å². The largest absolute Gasteiger partial charge is 0.486 e. The number of benzene rings is 2. The van der Waals surface area contributed by atoms with Gasteiger partial charge < -0.3 is 30.5 Å². The molecule has 64 heavy (non-hydrogen) atoms. The van der Waals surface area contributed by atoms with Crippen molar-refractivity contribution in [3.05, 3.63) is 100 Å². The molecular formula is C47H52F2N10O5. The van der Waals surface area contributed by atoms with Crippen molar-refractivity contribution in [2.24, 2.45) is 5.41 Å². The van der Waals surface area contributed by atoms with Gasteiger partial charge in [-0.05, 0) is 91.1 Å². The number of aryl methyl sites for hydroxylation is 1. The lowest BCUT2D eigenvalue weighted by atomic mass is 9.68. The van der Waals surface area contributed by atoms with Crippen LogP contribution in [0.4, 0.5) is 26.0 Å². The molecule has 2 aromatic heterocycles. The molecule has 0 bridgehead atoms. The van der Waals surface area contributed by atoms with E-state index in [1.807, 2.05) is 36.2 Å². The fourth-order valence-electron chi connectivity index (χ4n) is 10.6. The third-order valence-corrected chi connectivity index (χ3v) is 14.2. The molecule has 2 unspecified atom stereocenters. The number of carbonyl (C=O) groups excluding carboxylic acids is 4. The molecule has 0 saturated carbocycles. The maximum atomic E-state index is 16.3. The van der Waals surface area contributed by atoms with Crippen LogP contribution < -0.4 is 30.9 Å². The van der Waals surface area contributed by atoms with E-state index in [0.29, 0.717) is 86.2 Å². The van der Waals surface area contributed by atoms with Crippen molar-refractivity contribution in [2.75, 3.05) is 69.7 Å². The van der Waals surface area contributed by atoms with Crippen molar-refractivity contribution in [3.63, 3.8) is 0 Å². The third-order valence-electron chi connectivity index (χ3n) is 14.2. The zero-order chi connectivity index (χ0) is 44.3. The van der Waals surface area contributed by atoms with Crippen LogP contribution in [0.5, 0.6) is 5.75 Å². The minimum absolute atomic E-state index is 0.123. The van der Waals surface area contributed by atoms with Gasteiger partial charge in [-0.2, -0.15) is 0 Å². The van der Waals surface area contributed by atoms with E-state index in [4.69, 9.17) is 9.84 Å². The van der Waals surface area contributed by atoms with Crippen LogP contribution in [0.15, 0.2) is 66.5 Å². The number of rotatable bonds is 8. The summed E-state index contributed by atoms with van der Waals surface area (Å²) in [6, 6.07) is 11.5. The molecule has 4 aromatic rings. The summed E-state index contributed by atoms with van der Waals surface area (Å²) in [5, 5.41) is 16.9. The van der Waals surface area contributed by atoms with Crippen molar-refractivity contribution in [3.8, 4) is 5.75 Å². The maximum absolute atomic E-state index is 16.3. The highest BCUT2D eigenvalue weighted by molar-refractivity contribution is 6.02. The fraction of sp³-hybridized carbons (Fsp3) is 0.447. The summed E-state index contributed by atoms with van der Waals surface area (Å²) in [6.45, 7) is 4.74. The second kappa shape index (κ2) is 16.3. The number of dihydropyridines is 1. The van der Waals surface area contributed by atoms with Crippen LogP contribution in [-0.2, 0) is 22.4 Å². The highest BCUT2D eigenvalue weighted by atomic mass is 19.3. The quantitative estimate of drug-likeness (QED) is 0.176. The van der Waals surface area contributed by atoms with Gasteiger partial charge in [0, 0.05) is 69.1 Å². The second-order valence-corrected chi connectivity index (χ2v) is 17.7. The number of hydrogen-bond donors (Lipinski definition) is 4. The monoisotopic (exact) mass is 874 g/mol. The Bertz CT molecular complexity index is 2630. The number of nitrogens with zero attached hydrogens (tertiary/aromatic N) is 6. The Morgan fingerprint density at radius 3 is 2.61 bits per heavy atom. The Balaban J connectivity index is 0.778. The average Bonchev–Trinajstić information content (AvgIpc) is 3.95. The molecule has 15 nitrogen and oxygen atoms in total. The molecule has 17 heteroatoms. The number of imidazole rings is 1. The van der Waals surface area contributed by atoms with Gasteiger partial charge in [0.25, 0.3) is 17.7 Å². The number of imide groups is 1. The number of hydrogen-bond acceptors (Lipinski definition) is 11. The highest BCUT2D eigenvalue weighted by Gasteiger charge is 2.57. The number of amides is 4. The summed E-state index contributed by atoms with van der Waals surface area (Å²) in [7, 11) is 1.57. The second-order valence-electron chi connectivity index (χ2n) is 17.7. The van der Waals surface area contributed by atoms with Crippen LogP contribution in [0.2, 0.25) is 0 Å². The number of alkyl halides is 2. The van der Waals surface area contributed by atoms with E-state index in [1.165, 1.54) is 6.20 Å². The average molecular weight is 875 g/mol. The van der Waals surface area contributed by atoms with Gasteiger partial charge in [0.05, 0.1) is 24.7 Å². The lowest BCUT2D eigenvalue weighted by Gasteiger charge is -2.51. The number of ether oxygens (including phenoxy) is 1. The van der Waals surface area contributed by atoms with Gasteiger partial charge in [0.15, 0.2) is 22.9 Å². The molecule has 0 aliphatic carbocycles. The summed E-state index contributed by atoms with van der Waals surface area (Å²) in [5.74, 6) is -3.41. The number of halogens is 2. The van der Waals surface area contributed by atoms with Crippen molar-refractivity contribution in [1.29, 1.82) is 0 Å². The first-order valence-corrected chi connectivity index (χ1v) is 22.4. The van der Waals surface area contributed by atoms with E-state index >= 15 is 8.78 Å². The standard InChI is InChI=1S/C47H52F2N10O5/c1-3-29-8-9-30(23-34(29)33-10-12-38(60)54-43(33)61)45(63)57-20-15-46(16-21-57)14-19-56(27-47(46,48)49)26-28-7-11-35(52-24-28)31-5-4-6-36-32(31)13-18-58(36)42-40-39(51-17-22-64-40)41-53-25-37(44(62)50-2)59(41)55-42/h4-9,11,23-25,33,35,51-52H,3,10,12-22,26-27H2,1-2H3,(H,50,62)(H,54,60,61). The summed E-state index contributed by atoms with van der Waals surface area (Å²) >= 11 is 0. The SMILES string of the molecule is CCc1ccc(C(=O)N2CCC3(CCN(CC4=CNC(c5cccc6c5CCN6c5nn6c(C(=O)NC)cnc6c6c5OCCN6)C=C4)CC3(F)F)CC2)cc1C1CCC(=O)NC1=O. The van der Waals surface area contributed by atoms with Crippen LogP contribution in [0.25, 0.3) is 5.65 Å². The third kappa shape index (κ3) is 7.13. The number of aromatic nitrogens is 3. The minimum atomic E-state index is -2.94. The normalized spacial score (nSPS) is 22.5. The zero-order valence-electron chi connectivity index (χ0n) is 36.0. The Kier molecular flexibility index (Phi) is 10.6. The summed E-state index contributed by atoms with van der Waals surface area (Å²) < 4.78 is 40.3. The van der Waals surface area contributed by atoms with Gasteiger partial charge in [-0.15, -0.1) is 5.10 Å². The Morgan fingerprint density at radius 1 is 1.03 bits per heavy atom. The number of likely N-dealkylation sites (tertiary alicyclic amines) is 2. The lowest BCUT2D eigenvalue weighted by molar-refractivity contribution is -0.184. The number of fused-ring (bicyclic) bond motifs is 4. The van der Waals surface area contributed by atoms with E-state index < -0.39 is 17.3 Å². The smallest absolute Gasteiger partial charge is 0.271 e. The number of nitrogens with one attached hydrogen (secondary N) is 4. The molecule has 3 fully saturated rings. The Labute approximate surface area is 369 Å². The van der Waals surface area contributed by atoms with Crippen molar-refractivity contribution in [1.82, 2.24) is 40.3 Å². The van der Waals surface area contributed by atoms with Crippen LogP contribution in [0.1, 0.15) is 94.1 Å². The molecule has 6 aliphatic rings. The van der Waals surface area contributed by atoms with Crippen LogP contribution in [0.3, 0.4) is 0 Å². The number of anilines is 3. The molecule has 10 rings (SSSR count). The van der Waals surface area contributed by atoms with E-state index in [-0.39, 0.29) is 68.6 Å². The van der Waals surface area contributed by atoms with E-state index in [1.54, 1.807) is 28.6 Å². The molecule has 3 saturated heterocycles. The van der Waals surface area contributed by atoms with E-state index in [0.717, 1.165) is 39.9 Å². The van der Waals surface area contributed by atoms with Gasteiger partial charge in [-0.25, -0.2) is 18.3 Å². The van der Waals surface area contributed by atoms with Gasteiger partial charge in [0.1, 0.15) is 12.3 Å². The van der Waals surface area contributed by atoms with Crippen molar-refractivity contribution in [2.45, 2.75) is 69.8 Å². The zero-order valence-corrected chi connectivity index (χ0v) is 36.0. The van der Waals surface area contributed by atoms with Gasteiger partial charge >= 0.3 is 0 Å². The maximum Gasteiger partial charge on any atom is 0.271 e. The first-order valence-electron chi connectivity index (χ1n) is 22.4. The van der Waals surface area contributed by atoms with Gasteiger partial charge in [0.2, 0.25) is 11.8 Å². The Morgan fingerprint density at radius 2 is 1.86 bits per heavy atom. The molecule has 4 amide bonds.